The van der Waals surface area contributed by atoms with Crippen molar-refractivity contribution in [2.75, 3.05) is 13.1 Å². The summed E-state index contributed by atoms with van der Waals surface area (Å²) in [5, 5.41) is -2.02. The van der Waals surface area contributed by atoms with Crippen molar-refractivity contribution in [1.82, 2.24) is 9.34 Å². The minimum Gasteiger partial charge on any atom is -0.460 e. The van der Waals surface area contributed by atoms with Crippen LogP contribution in [0.5, 0.6) is 0 Å². The number of hydrogen-bond donors (Lipinski definition) is 0. The van der Waals surface area contributed by atoms with E-state index in [0.29, 0.717) is 13.1 Å². The van der Waals surface area contributed by atoms with Crippen molar-refractivity contribution in [3.05, 3.63) is 0 Å². The Kier molecular flexibility index (Phi) is 6.34. The van der Waals surface area contributed by atoms with Gasteiger partial charge in [-0.05, 0) is 44.4 Å². The van der Waals surface area contributed by atoms with Gasteiger partial charge in [0.15, 0.2) is 0 Å². The number of nitrogens with zero attached hydrogens (tertiary/aromatic N) is 2. The summed E-state index contributed by atoms with van der Waals surface area (Å²) in [7, 11) is -3.64. The lowest BCUT2D eigenvalue weighted by atomic mass is 9.87. The van der Waals surface area contributed by atoms with Crippen molar-refractivity contribution in [3.8, 4) is 0 Å². The Labute approximate surface area is 188 Å². The van der Waals surface area contributed by atoms with Crippen LogP contribution in [-0.2, 0) is 14.1 Å². The maximum Gasteiger partial charge on any atom is 0.313 e. The Morgan fingerprint density at radius 3 is 1.71 bits per heavy atom. The summed E-state index contributed by atoms with van der Waals surface area (Å²) in [4.78, 5) is 12.8. The third-order valence-electron chi connectivity index (χ3n) is 6.47. The smallest absolute Gasteiger partial charge is 0.313 e. The quantitative estimate of drug-likeness (QED) is 0.369. The molecule has 5 nitrogen and oxygen atoms in total. The summed E-state index contributed by atoms with van der Waals surface area (Å²) in [5.41, 5.74) is -0.931. The topological polar surface area (TPSA) is 49.9 Å². The summed E-state index contributed by atoms with van der Waals surface area (Å²) in [5.74, 6) is -1.49. The minimum absolute atomic E-state index is 0.0000825. The van der Waals surface area contributed by atoms with Gasteiger partial charge in [0.25, 0.3) is 7.44 Å². The maximum absolute atomic E-state index is 16.7. The molecule has 0 spiro atoms. The Morgan fingerprint density at radius 2 is 1.35 bits per heavy atom. The molecule has 4 atom stereocenters. The Hall–Kier alpha value is -0.450. The fourth-order valence-corrected chi connectivity index (χ4v) is 10.0. The predicted octanol–water partition coefficient (Wildman–Crippen LogP) is 6.23. The van der Waals surface area contributed by atoms with Crippen LogP contribution >= 0.6 is 7.44 Å². The number of carbonyl (C=O) groups is 1. The van der Waals surface area contributed by atoms with Crippen LogP contribution in [0.1, 0.15) is 94.4 Å². The number of hydrogen-bond acceptors (Lipinski definition) is 3. The van der Waals surface area contributed by atoms with Gasteiger partial charge < -0.3 is 4.74 Å². The molecule has 0 N–H and O–H groups in total. The van der Waals surface area contributed by atoms with Crippen LogP contribution < -0.4 is 0 Å². The highest BCUT2D eigenvalue weighted by Crippen LogP contribution is 2.81. The molecule has 1 saturated heterocycles. The molecule has 0 bridgehead atoms. The molecule has 0 aromatic rings. The first kappa shape index (κ1) is 25.2. The van der Waals surface area contributed by atoms with E-state index in [1.165, 1.54) is 0 Å². The number of ether oxygens (including phenoxy) is 1. The zero-order valence-electron chi connectivity index (χ0n) is 21.1. The van der Waals surface area contributed by atoms with E-state index < -0.39 is 30.3 Å². The fourth-order valence-electron chi connectivity index (χ4n) is 5.35. The van der Waals surface area contributed by atoms with Crippen LogP contribution in [-0.4, -0.2) is 51.5 Å². The highest BCUT2D eigenvalue weighted by atomic mass is 31.2. The van der Waals surface area contributed by atoms with Crippen molar-refractivity contribution < 1.29 is 18.5 Å². The number of esters is 1. The first-order valence-corrected chi connectivity index (χ1v) is 13.6. The molecule has 0 unspecified atom stereocenters. The van der Waals surface area contributed by atoms with E-state index in [1.807, 2.05) is 9.34 Å². The molecule has 0 amide bonds. The summed E-state index contributed by atoms with van der Waals surface area (Å²) < 4.78 is 41.3. The molecular weight excluding hydrogens is 414 g/mol. The van der Waals surface area contributed by atoms with Gasteiger partial charge in [-0.25, -0.2) is 13.7 Å². The van der Waals surface area contributed by atoms with Crippen molar-refractivity contribution in [2.24, 2.45) is 16.7 Å². The molecular formula is C24H44FN2O3P. The normalized spacial score (nSPS) is 34.5. The Bertz CT molecular complexity index is 715. The molecule has 0 radical (unpaired) electrons. The molecule has 0 aromatic heterocycles. The van der Waals surface area contributed by atoms with Gasteiger partial charge in [-0.2, -0.15) is 0 Å². The van der Waals surface area contributed by atoms with Crippen LogP contribution in [0, 0.1) is 16.7 Å². The molecule has 2 saturated carbocycles. The zero-order chi connectivity index (χ0) is 23.6. The van der Waals surface area contributed by atoms with Gasteiger partial charge in [-0.3, -0.25) is 9.36 Å². The molecule has 7 heteroatoms. The molecule has 3 fully saturated rings. The number of rotatable bonds is 4. The van der Waals surface area contributed by atoms with E-state index in [4.69, 9.17) is 4.74 Å². The van der Waals surface area contributed by atoms with Gasteiger partial charge in [-0.15, -0.1) is 0 Å². The van der Waals surface area contributed by atoms with Gasteiger partial charge in [0, 0.05) is 31.6 Å². The summed E-state index contributed by atoms with van der Waals surface area (Å²) >= 11 is 0. The fraction of sp³-hybridized carbons (Fsp3) is 0.958. The van der Waals surface area contributed by atoms with Gasteiger partial charge in [0.05, 0.1) is 0 Å². The SMILES string of the molecule is CC(C)(C)CN1[C@H]2CCCC[C@@H]2N(CC(C)(C)C)P1(=O)[C@@]1(F)C[C@H]1C(=O)OC(C)(C)C. The van der Waals surface area contributed by atoms with E-state index in [0.717, 1.165) is 25.7 Å². The second-order valence-corrected chi connectivity index (χ2v) is 16.2. The molecule has 180 valence electrons. The number of fused-ring (bicyclic) bond motifs is 1. The maximum atomic E-state index is 16.7. The molecule has 3 rings (SSSR count). The highest BCUT2D eigenvalue weighted by molar-refractivity contribution is 7.61. The summed E-state index contributed by atoms with van der Waals surface area (Å²) in [6.45, 7) is 19.2. The van der Waals surface area contributed by atoms with Crippen molar-refractivity contribution in [3.63, 3.8) is 0 Å². The van der Waals surface area contributed by atoms with Crippen molar-refractivity contribution in [1.29, 1.82) is 0 Å². The third-order valence-corrected chi connectivity index (χ3v) is 10.2. The lowest BCUT2D eigenvalue weighted by Gasteiger charge is -2.39. The second kappa shape index (κ2) is 7.81. The molecule has 2 aliphatic carbocycles. The van der Waals surface area contributed by atoms with Gasteiger partial charge in [0.2, 0.25) is 5.41 Å². The Morgan fingerprint density at radius 1 is 0.935 bits per heavy atom. The predicted molar refractivity (Wildman–Crippen MR) is 124 cm³/mol. The summed E-state index contributed by atoms with van der Waals surface area (Å²) in [6, 6.07) is 0.183. The minimum atomic E-state index is -3.64. The lowest BCUT2D eigenvalue weighted by Crippen LogP contribution is -2.43. The second-order valence-electron chi connectivity index (χ2n) is 13.4. The van der Waals surface area contributed by atoms with Crippen LogP contribution in [0.25, 0.3) is 0 Å². The van der Waals surface area contributed by atoms with Gasteiger partial charge in [0.1, 0.15) is 11.5 Å². The first-order valence-electron chi connectivity index (χ1n) is 12.0. The molecule has 1 heterocycles. The first-order chi connectivity index (χ1) is 13.9. The zero-order valence-corrected chi connectivity index (χ0v) is 22.0. The van der Waals surface area contributed by atoms with Crippen LogP contribution in [0.3, 0.4) is 0 Å². The lowest BCUT2D eigenvalue weighted by molar-refractivity contribution is -0.157. The molecule has 3 aliphatic rings. The molecule has 0 aromatic carbocycles. The third kappa shape index (κ3) is 4.92. The van der Waals surface area contributed by atoms with Gasteiger partial charge in [-0.1, -0.05) is 54.4 Å². The van der Waals surface area contributed by atoms with Crippen LogP contribution in [0.4, 0.5) is 4.39 Å². The highest BCUT2D eigenvalue weighted by Gasteiger charge is 2.78. The summed E-state index contributed by atoms with van der Waals surface area (Å²) in [6.07, 6.45) is 4.05. The van der Waals surface area contributed by atoms with E-state index in [2.05, 4.69) is 41.5 Å². The van der Waals surface area contributed by atoms with Crippen LogP contribution in [0.15, 0.2) is 0 Å². The van der Waals surface area contributed by atoms with E-state index in [1.54, 1.807) is 20.8 Å². The molecule has 1 aliphatic heterocycles. The van der Waals surface area contributed by atoms with E-state index in [-0.39, 0.29) is 29.3 Å². The number of carbonyl (C=O) groups excluding carboxylic acids is 1. The molecule has 31 heavy (non-hydrogen) atoms. The van der Waals surface area contributed by atoms with Gasteiger partial charge >= 0.3 is 5.97 Å². The Balaban J connectivity index is 2.04. The van der Waals surface area contributed by atoms with Crippen LogP contribution in [0.2, 0.25) is 0 Å². The number of alkyl halides is 1. The standard InChI is InChI=1S/C24H44FN2O3P/c1-21(2,3)15-26-18-12-10-11-13-19(18)27(16-22(4,5)6)31(26,29)24(25)14-17(24)20(28)30-23(7,8)9/h17-19H,10-16H2,1-9H3/t17-,18-,19-,24-/m0/s1. The average Bonchev–Trinajstić information content (AvgIpc) is 3.22. The van der Waals surface area contributed by atoms with E-state index >= 15 is 8.96 Å². The van der Waals surface area contributed by atoms with Crippen molar-refractivity contribution in [2.45, 2.75) is 118 Å². The van der Waals surface area contributed by atoms with Crippen molar-refractivity contribution >= 4 is 13.4 Å². The largest absolute Gasteiger partial charge is 0.460 e. The number of halogens is 1. The monoisotopic (exact) mass is 458 g/mol. The average molecular weight is 459 g/mol. The van der Waals surface area contributed by atoms with E-state index in [9.17, 15) is 4.79 Å².